The smallest absolute Gasteiger partial charge is 0.270 e. The quantitative estimate of drug-likeness (QED) is 0.638. The van der Waals surface area contributed by atoms with E-state index in [0.29, 0.717) is 6.54 Å². The van der Waals surface area contributed by atoms with E-state index >= 15 is 0 Å². The molecule has 14 heavy (non-hydrogen) atoms. The van der Waals surface area contributed by atoms with Crippen LogP contribution in [-0.2, 0) is 6.54 Å². The average molecular weight is 229 g/mol. The van der Waals surface area contributed by atoms with Crippen molar-refractivity contribution in [3.05, 3.63) is 24.2 Å². The molecule has 3 nitrogen and oxygen atoms in total. The zero-order chi connectivity index (χ0) is 10.8. The van der Waals surface area contributed by atoms with Crippen molar-refractivity contribution in [1.29, 1.82) is 0 Å². The fourth-order valence-corrected chi connectivity index (χ4v) is 3.32. The molecule has 0 fully saturated rings. The Hall–Kier alpha value is -0.683. The van der Waals surface area contributed by atoms with E-state index in [9.17, 15) is 4.79 Å². The Morgan fingerprint density at radius 1 is 1.57 bits per heavy atom. The summed E-state index contributed by atoms with van der Waals surface area (Å²) in [6.07, 6.45) is 1.61. The van der Waals surface area contributed by atoms with Gasteiger partial charge >= 0.3 is 0 Å². The van der Waals surface area contributed by atoms with Crippen LogP contribution in [0.5, 0.6) is 0 Å². The van der Waals surface area contributed by atoms with Gasteiger partial charge in [-0.1, -0.05) is 32.3 Å². The molecule has 1 aromatic heterocycles. The number of carbonyl (C=O) groups is 1. The molecule has 0 spiro atoms. The largest absolute Gasteiger partial charge is 0.468 e. The summed E-state index contributed by atoms with van der Waals surface area (Å²) in [6.45, 7) is 6.82. The van der Waals surface area contributed by atoms with Crippen molar-refractivity contribution in [1.82, 2.24) is 4.57 Å². The van der Waals surface area contributed by atoms with Gasteiger partial charge < -0.3 is 8.98 Å². The van der Waals surface area contributed by atoms with Gasteiger partial charge in [-0.05, 0) is 12.1 Å². The number of thiol groups is 1. The molecule has 78 valence electrons. The predicted octanol–water partition coefficient (Wildman–Crippen LogP) is 2.97. The summed E-state index contributed by atoms with van der Waals surface area (Å²) < 4.78 is 6.99. The van der Waals surface area contributed by atoms with Gasteiger partial charge in [0, 0.05) is 0 Å². The van der Waals surface area contributed by atoms with E-state index in [4.69, 9.17) is 4.42 Å². The average Bonchev–Trinajstić information content (AvgIpc) is 2.48. The van der Waals surface area contributed by atoms with Gasteiger partial charge in [-0.3, -0.25) is 4.79 Å². The zero-order valence-electron chi connectivity index (χ0n) is 8.65. The van der Waals surface area contributed by atoms with Crippen LogP contribution in [0, 0.1) is 0 Å². The van der Waals surface area contributed by atoms with Crippen LogP contribution in [0.1, 0.15) is 5.76 Å². The van der Waals surface area contributed by atoms with Crippen LogP contribution in [0.2, 0.25) is 19.6 Å². The highest BCUT2D eigenvalue weighted by Gasteiger charge is 2.27. The van der Waals surface area contributed by atoms with Gasteiger partial charge in [0.2, 0.25) is 0 Å². The van der Waals surface area contributed by atoms with E-state index in [-0.39, 0.29) is 5.24 Å². The van der Waals surface area contributed by atoms with Crippen molar-refractivity contribution in [3.8, 4) is 0 Å². The zero-order valence-corrected chi connectivity index (χ0v) is 10.5. The molecule has 0 aliphatic rings. The van der Waals surface area contributed by atoms with Gasteiger partial charge in [0.15, 0.2) is 8.24 Å². The highest BCUT2D eigenvalue weighted by Crippen LogP contribution is 2.16. The van der Waals surface area contributed by atoms with Gasteiger partial charge in [-0.25, -0.2) is 0 Å². The number of carbonyl (C=O) groups excluding carboxylic acids is 1. The summed E-state index contributed by atoms with van der Waals surface area (Å²) in [4.78, 5) is 11.3. The topological polar surface area (TPSA) is 33.5 Å². The van der Waals surface area contributed by atoms with Crippen LogP contribution in [0.15, 0.2) is 22.8 Å². The van der Waals surface area contributed by atoms with Gasteiger partial charge in [0.25, 0.3) is 5.24 Å². The van der Waals surface area contributed by atoms with E-state index in [0.717, 1.165) is 5.76 Å². The first-order valence-electron chi connectivity index (χ1n) is 4.44. The molecule has 1 rings (SSSR count). The third-order valence-electron chi connectivity index (χ3n) is 1.93. The van der Waals surface area contributed by atoms with Gasteiger partial charge in [0.1, 0.15) is 5.76 Å². The molecule has 0 radical (unpaired) electrons. The highest BCUT2D eigenvalue weighted by molar-refractivity contribution is 7.96. The van der Waals surface area contributed by atoms with Gasteiger partial charge in [0.05, 0.1) is 12.8 Å². The molecule has 0 atom stereocenters. The van der Waals surface area contributed by atoms with E-state index < -0.39 is 8.24 Å². The van der Waals surface area contributed by atoms with Crippen molar-refractivity contribution < 1.29 is 9.21 Å². The molecular formula is C9H15NO2SSi. The van der Waals surface area contributed by atoms with E-state index in [1.165, 1.54) is 0 Å². The highest BCUT2D eigenvalue weighted by atomic mass is 32.1. The van der Waals surface area contributed by atoms with E-state index in [1.807, 2.05) is 12.1 Å². The summed E-state index contributed by atoms with van der Waals surface area (Å²) in [5, 5.41) is -0.180. The molecule has 0 aliphatic heterocycles. The minimum absolute atomic E-state index is 0.180. The lowest BCUT2D eigenvalue weighted by atomic mass is 10.4. The lowest BCUT2D eigenvalue weighted by Crippen LogP contribution is -2.46. The summed E-state index contributed by atoms with van der Waals surface area (Å²) in [5.74, 6) is 0.801. The Balaban J connectivity index is 2.76. The Bertz CT molecular complexity index is 305. The van der Waals surface area contributed by atoms with E-state index in [2.05, 4.69) is 32.3 Å². The Morgan fingerprint density at radius 2 is 2.21 bits per heavy atom. The molecule has 0 saturated heterocycles. The maximum Gasteiger partial charge on any atom is 0.270 e. The second-order valence-electron chi connectivity index (χ2n) is 4.12. The lowest BCUT2D eigenvalue weighted by Gasteiger charge is -2.31. The maximum atomic E-state index is 11.3. The van der Waals surface area contributed by atoms with Crippen LogP contribution in [0.4, 0.5) is 4.79 Å². The predicted molar refractivity (Wildman–Crippen MR) is 62.0 cm³/mol. The van der Waals surface area contributed by atoms with E-state index in [1.54, 1.807) is 10.8 Å². The lowest BCUT2D eigenvalue weighted by molar-refractivity contribution is 0.241. The molecule has 0 aromatic carbocycles. The standard InChI is InChI=1S/C9H15NO2SSi/c1-14(2,3)10(9(11)13)7-8-5-4-6-12-8/h4-6H,7H2,1-3H3,(H,11,13). The Morgan fingerprint density at radius 3 is 2.57 bits per heavy atom. The molecule has 1 amide bonds. The third-order valence-corrected chi connectivity index (χ3v) is 4.35. The van der Waals surface area contributed by atoms with Crippen LogP contribution < -0.4 is 0 Å². The first kappa shape index (κ1) is 11.4. The van der Waals surface area contributed by atoms with Crippen molar-refractivity contribution in [2.75, 3.05) is 0 Å². The minimum Gasteiger partial charge on any atom is -0.468 e. The van der Waals surface area contributed by atoms with Crippen LogP contribution in [0.3, 0.4) is 0 Å². The number of furan rings is 1. The number of rotatable bonds is 3. The third kappa shape index (κ3) is 2.92. The maximum absolute atomic E-state index is 11.3. The molecule has 1 heterocycles. The van der Waals surface area contributed by atoms with Gasteiger partial charge in [-0.2, -0.15) is 0 Å². The first-order chi connectivity index (χ1) is 6.41. The first-order valence-corrected chi connectivity index (χ1v) is 8.33. The summed E-state index contributed by atoms with van der Waals surface area (Å²) >= 11 is 3.88. The second kappa shape index (κ2) is 4.23. The number of amides is 1. The molecule has 0 unspecified atom stereocenters. The molecule has 0 N–H and O–H groups in total. The summed E-state index contributed by atoms with van der Waals surface area (Å²) in [6, 6.07) is 3.69. The summed E-state index contributed by atoms with van der Waals surface area (Å²) in [5.41, 5.74) is 0. The van der Waals surface area contributed by atoms with Gasteiger partial charge in [-0.15, -0.1) is 0 Å². The minimum atomic E-state index is -1.66. The van der Waals surface area contributed by atoms with Crippen molar-refractivity contribution in [2.45, 2.75) is 26.2 Å². The SMILES string of the molecule is C[Si](C)(C)N(Cc1ccco1)C(=O)S. The van der Waals surface area contributed by atoms with Crippen molar-refractivity contribution >= 4 is 26.1 Å². The van der Waals surface area contributed by atoms with Crippen molar-refractivity contribution in [2.24, 2.45) is 0 Å². The normalized spacial score (nSPS) is 11.4. The Kier molecular flexibility index (Phi) is 3.44. The Labute approximate surface area is 90.6 Å². The van der Waals surface area contributed by atoms with Crippen LogP contribution in [-0.4, -0.2) is 18.0 Å². The fourth-order valence-electron chi connectivity index (χ4n) is 1.15. The molecular weight excluding hydrogens is 214 g/mol. The van der Waals surface area contributed by atoms with Crippen molar-refractivity contribution in [3.63, 3.8) is 0 Å². The molecule has 0 aliphatic carbocycles. The molecule has 0 saturated carbocycles. The summed E-state index contributed by atoms with van der Waals surface area (Å²) in [7, 11) is -1.66. The monoisotopic (exact) mass is 229 g/mol. The number of hydrogen-bond acceptors (Lipinski definition) is 2. The number of nitrogens with zero attached hydrogens (tertiary/aromatic N) is 1. The van der Waals surface area contributed by atoms with Crippen LogP contribution >= 0.6 is 12.6 Å². The molecule has 0 bridgehead atoms. The second-order valence-corrected chi connectivity index (χ2v) is 9.38. The number of hydrogen-bond donors (Lipinski definition) is 1. The fraction of sp³-hybridized carbons (Fsp3) is 0.444. The molecule has 1 aromatic rings. The van der Waals surface area contributed by atoms with Crippen LogP contribution in [0.25, 0.3) is 0 Å². The molecule has 5 heteroatoms.